The number of carboxylic acid groups (broad SMARTS) is 3. The van der Waals surface area contributed by atoms with Gasteiger partial charge in [-0.2, -0.15) is 0 Å². The van der Waals surface area contributed by atoms with Crippen molar-refractivity contribution in [2.24, 2.45) is 0 Å². The van der Waals surface area contributed by atoms with Crippen molar-refractivity contribution in [2.45, 2.75) is 92.1 Å². The molecule has 212 valence electrons. The highest BCUT2D eigenvalue weighted by molar-refractivity contribution is 5.74. The SMILES string of the molecule is O=C(O)C1O[C@H](O[C@H]2C(C(=O)O)O[C@@H](O)C(O)[C@@H]2O)[C@H](O)C(O)[C@@H]1O[C@@H]1OC(C(=O)O)[C@H](O)[C@@H](O)C1O. The fourth-order valence-corrected chi connectivity index (χ4v) is 3.98. The molecule has 0 aromatic carbocycles. The van der Waals surface area contributed by atoms with Crippen LogP contribution in [0.2, 0.25) is 0 Å². The summed E-state index contributed by atoms with van der Waals surface area (Å²) in [6.45, 7) is 0. The van der Waals surface area contributed by atoms with E-state index in [-0.39, 0.29) is 0 Å². The van der Waals surface area contributed by atoms with Crippen LogP contribution in [0.4, 0.5) is 0 Å². The molecule has 3 saturated heterocycles. The molecule has 37 heavy (non-hydrogen) atoms. The maximum Gasteiger partial charge on any atom is 0.335 e. The third-order valence-electron chi connectivity index (χ3n) is 5.99. The van der Waals surface area contributed by atoms with Gasteiger partial charge in [0.1, 0.15) is 54.9 Å². The topological polar surface area (TPSA) is 320 Å². The third kappa shape index (κ3) is 5.68. The molecule has 11 N–H and O–H groups in total. The molecule has 3 aliphatic rings. The molecule has 3 rings (SSSR count). The fourth-order valence-electron chi connectivity index (χ4n) is 3.98. The minimum absolute atomic E-state index is 1.79. The van der Waals surface area contributed by atoms with Gasteiger partial charge in [0.15, 0.2) is 37.2 Å². The number of rotatable bonds is 7. The molecule has 19 heteroatoms. The van der Waals surface area contributed by atoms with Crippen LogP contribution in [0.5, 0.6) is 0 Å². The number of aliphatic carboxylic acids is 3. The van der Waals surface area contributed by atoms with Gasteiger partial charge in [0.05, 0.1) is 0 Å². The summed E-state index contributed by atoms with van der Waals surface area (Å²) in [5, 5.41) is 108. The first kappa shape index (κ1) is 29.4. The first-order valence-corrected chi connectivity index (χ1v) is 10.6. The summed E-state index contributed by atoms with van der Waals surface area (Å²) < 4.78 is 24.8. The summed E-state index contributed by atoms with van der Waals surface area (Å²) in [7, 11) is 0. The van der Waals surface area contributed by atoms with E-state index >= 15 is 0 Å². The van der Waals surface area contributed by atoms with Gasteiger partial charge in [-0.1, -0.05) is 0 Å². The van der Waals surface area contributed by atoms with Gasteiger partial charge in [-0.25, -0.2) is 14.4 Å². The minimum atomic E-state index is -2.29. The molecule has 6 unspecified atom stereocenters. The number of hydrogen-bond acceptors (Lipinski definition) is 16. The Morgan fingerprint density at radius 3 is 1.30 bits per heavy atom. The van der Waals surface area contributed by atoms with Crippen molar-refractivity contribution in [3.05, 3.63) is 0 Å². The standard InChI is InChI=1S/C18H26O19/c19-1-2(20)10(13(26)27)36-17(6(1)24)35-9-4(22)7(25)18(37-12(9)15(30)31)34-8-3(21)5(23)16(32)33-11(8)14(28)29/h1-12,16-25,32H,(H,26,27)(H,28,29)(H,30,31)/t1-,2-,3+,4?,5?,6?,7-,8-,9+,10?,11?,12?,16-,17-,18+/m1/s1. The molecule has 0 bridgehead atoms. The number of aliphatic hydroxyl groups is 8. The molecule has 3 fully saturated rings. The highest BCUT2D eigenvalue weighted by Crippen LogP contribution is 2.32. The first-order valence-electron chi connectivity index (χ1n) is 10.6. The van der Waals surface area contributed by atoms with Crippen LogP contribution < -0.4 is 0 Å². The van der Waals surface area contributed by atoms with E-state index in [2.05, 4.69) is 4.74 Å². The van der Waals surface area contributed by atoms with Crippen LogP contribution in [0.15, 0.2) is 0 Å². The summed E-state index contributed by atoms with van der Waals surface area (Å²) in [6, 6.07) is 0. The molecule has 19 nitrogen and oxygen atoms in total. The van der Waals surface area contributed by atoms with Gasteiger partial charge < -0.3 is 79.9 Å². The van der Waals surface area contributed by atoms with E-state index in [9.17, 15) is 65.4 Å². The second-order valence-corrected chi connectivity index (χ2v) is 8.45. The minimum Gasteiger partial charge on any atom is -0.479 e. The molecular formula is C18H26O19. The molecule has 3 aliphatic heterocycles. The van der Waals surface area contributed by atoms with Crippen molar-refractivity contribution in [2.75, 3.05) is 0 Å². The van der Waals surface area contributed by atoms with Crippen LogP contribution in [0.25, 0.3) is 0 Å². The lowest BCUT2D eigenvalue weighted by Gasteiger charge is -2.46. The largest absolute Gasteiger partial charge is 0.479 e. The molecular weight excluding hydrogens is 520 g/mol. The van der Waals surface area contributed by atoms with Gasteiger partial charge in [0.25, 0.3) is 0 Å². The van der Waals surface area contributed by atoms with Crippen molar-refractivity contribution in [1.82, 2.24) is 0 Å². The van der Waals surface area contributed by atoms with Crippen molar-refractivity contribution < 1.29 is 94.2 Å². The maximum atomic E-state index is 11.8. The zero-order chi connectivity index (χ0) is 27.9. The number of carbonyl (C=O) groups is 3. The number of carboxylic acids is 3. The van der Waals surface area contributed by atoms with Crippen LogP contribution in [-0.4, -0.2) is 166 Å². The van der Waals surface area contributed by atoms with E-state index in [0.29, 0.717) is 0 Å². The maximum absolute atomic E-state index is 11.8. The van der Waals surface area contributed by atoms with E-state index < -0.39 is 110 Å². The molecule has 0 radical (unpaired) electrons. The Bertz CT molecular complexity index is 853. The average molecular weight is 546 g/mol. The molecule has 15 atom stereocenters. The normalized spacial score (nSPS) is 48.8. The van der Waals surface area contributed by atoms with E-state index in [1.165, 1.54) is 0 Å². The van der Waals surface area contributed by atoms with Gasteiger partial charge in [-0.15, -0.1) is 0 Å². The van der Waals surface area contributed by atoms with Crippen molar-refractivity contribution in [3.63, 3.8) is 0 Å². The Labute approximate surface area is 205 Å². The van der Waals surface area contributed by atoms with Gasteiger partial charge in [-0.3, -0.25) is 0 Å². The van der Waals surface area contributed by atoms with E-state index in [0.717, 1.165) is 0 Å². The summed E-state index contributed by atoms with van der Waals surface area (Å²) >= 11 is 0. The van der Waals surface area contributed by atoms with Crippen molar-refractivity contribution >= 4 is 17.9 Å². The molecule has 0 aromatic rings. The molecule has 0 amide bonds. The fraction of sp³-hybridized carbons (Fsp3) is 0.833. The lowest BCUT2D eigenvalue weighted by molar-refractivity contribution is -0.368. The predicted molar refractivity (Wildman–Crippen MR) is 103 cm³/mol. The Hall–Kier alpha value is -2.11. The summed E-state index contributed by atoms with van der Waals surface area (Å²) in [5.74, 6) is -5.46. The Kier molecular flexibility index (Phi) is 9.01. The van der Waals surface area contributed by atoms with Gasteiger partial charge in [0.2, 0.25) is 0 Å². The van der Waals surface area contributed by atoms with Crippen LogP contribution >= 0.6 is 0 Å². The second kappa shape index (κ2) is 11.3. The highest BCUT2D eigenvalue weighted by Gasteiger charge is 2.56. The van der Waals surface area contributed by atoms with E-state index in [1.807, 2.05) is 0 Å². The van der Waals surface area contributed by atoms with E-state index in [1.54, 1.807) is 0 Å². The van der Waals surface area contributed by atoms with Crippen molar-refractivity contribution in [3.8, 4) is 0 Å². The number of hydrogen-bond donors (Lipinski definition) is 11. The molecule has 0 aromatic heterocycles. The van der Waals surface area contributed by atoms with Crippen molar-refractivity contribution in [1.29, 1.82) is 0 Å². The third-order valence-corrected chi connectivity index (χ3v) is 5.99. The lowest BCUT2D eigenvalue weighted by atomic mass is 9.95. The summed E-state index contributed by atoms with van der Waals surface area (Å²) in [5.41, 5.74) is 0. The van der Waals surface area contributed by atoms with Crippen LogP contribution in [-0.2, 0) is 38.1 Å². The molecule has 0 saturated carbocycles. The Morgan fingerprint density at radius 1 is 0.459 bits per heavy atom. The zero-order valence-corrected chi connectivity index (χ0v) is 18.3. The lowest BCUT2D eigenvalue weighted by Crippen LogP contribution is -2.67. The first-order chi connectivity index (χ1) is 17.2. The van der Waals surface area contributed by atoms with Gasteiger partial charge in [-0.05, 0) is 0 Å². The predicted octanol–water partition coefficient (Wildman–Crippen LogP) is -7.30. The quantitative estimate of drug-likeness (QED) is 0.141. The average Bonchev–Trinajstić information content (AvgIpc) is 2.82. The second-order valence-electron chi connectivity index (χ2n) is 8.45. The molecule has 0 spiro atoms. The van der Waals surface area contributed by atoms with E-state index in [4.69, 9.17) is 24.1 Å². The molecule has 0 aliphatic carbocycles. The summed E-state index contributed by atoms with van der Waals surface area (Å²) in [4.78, 5) is 34.5. The Balaban J connectivity index is 1.81. The van der Waals surface area contributed by atoms with Gasteiger partial charge in [0, 0.05) is 0 Å². The van der Waals surface area contributed by atoms with Crippen LogP contribution in [0.3, 0.4) is 0 Å². The smallest absolute Gasteiger partial charge is 0.335 e. The zero-order valence-electron chi connectivity index (χ0n) is 18.3. The number of ether oxygens (including phenoxy) is 5. The highest BCUT2D eigenvalue weighted by atomic mass is 16.8. The monoisotopic (exact) mass is 546 g/mol. The summed E-state index contributed by atoms with van der Waals surface area (Å²) in [6.07, 6.45) is -32.5. The van der Waals surface area contributed by atoms with Gasteiger partial charge >= 0.3 is 17.9 Å². The van der Waals surface area contributed by atoms with Crippen LogP contribution in [0.1, 0.15) is 0 Å². The van der Waals surface area contributed by atoms with Crippen LogP contribution in [0, 0.1) is 0 Å². The Morgan fingerprint density at radius 2 is 0.838 bits per heavy atom. The molecule has 3 heterocycles. The number of aliphatic hydroxyl groups excluding tert-OH is 8.